The number of hydrogen-bond acceptors (Lipinski definition) is 6. The number of aromatic nitrogens is 1. The van der Waals surface area contributed by atoms with Crippen LogP contribution in [0.15, 0.2) is 28.8 Å². The molecule has 3 rings (SSSR count). The number of ether oxygens (including phenoxy) is 3. The Bertz CT molecular complexity index is 773. The summed E-state index contributed by atoms with van der Waals surface area (Å²) in [6, 6.07) is 6.72. The highest BCUT2D eigenvalue weighted by molar-refractivity contribution is 6.32. The predicted molar refractivity (Wildman–Crippen MR) is 99.4 cm³/mol. The lowest BCUT2D eigenvalue weighted by molar-refractivity contribution is 0.0531. The molecule has 7 nitrogen and oxygen atoms in total. The van der Waals surface area contributed by atoms with Gasteiger partial charge in [-0.15, -0.1) is 0 Å². The van der Waals surface area contributed by atoms with Gasteiger partial charge >= 0.3 is 0 Å². The van der Waals surface area contributed by atoms with Crippen LogP contribution in [-0.4, -0.2) is 48.9 Å². The second-order valence-electron chi connectivity index (χ2n) is 6.24. The number of hydrogen-bond donors (Lipinski definition) is 0. The first kappa shape index (κ1) is 19.5. The average molecular weight is 395 g/mol. The number of rotatable bonds is 8. The van der Waals surface area contributed by atoms with Crippen molar-refractivity contribution < 1.29 is 23.5 Å². The van der Waals surface area contributed by atoms with E-state index in [1.165, 1.54) is 0 Å². The molecule has 1 fully saturated rings. The van der Waals surface area contributed by atoms with Gasteiger partial charge < -0.3 is 23.6 Å². The lowest BCUT2D eigenvalue weighted by Gasteiger charge is -2.22. The molecule has 0 N–H and O–H groups in total. The van der Waals surface area contributed by atoms with Crippen LogP contribution < -0.4 is 9.47 Å². The van der Waals surface area contributed by atoms with E-state index in [1.807, 2.05) is 6.92 Å². The van der Waals surface area contributed by atoms with Crippen molar-refractivity contribution in [1.82, 2.24) is 10.1 Å². The van der Waals surface area contributed by atoms with Gasteiger partial charge in [0.2, 0.25) is 0 Å². The second-order valence-corrected chi connectivity index (χ2v) is 6.65. The number of carbonyl (C=O) groups excluding carboxylic acids is 1. The third-order valence-corrected chi connectivity index (χ3v) is 4.70. The number of amides is 1. The van der Waals surface area contributed by atoms with Gasteiger partial charge in [-0.3, -0.25) is 4.79 Å². The molecule has 1 unspecified atom stereocenters. The molecule has 8 heteroatoms. The van der Waals surface area contributed by atoms with Crippen LogP contribution in [0.25, 0.3) is 0 Å². The van der Waals surface area contributed by atoms with Crippen molar-refractivity contribution >= 4 is 17.5 Å². The minimum Gasteiger partial charge on any atom is -0.497 e. The van der Waals surface area contributed by atoms with E-state index in [0.717, 1.165) is 19.4 Å². The van der Waals surface area contributed by atoms with Crippen LogP contribution in [-0.2, 0) is 11.3 Å². The van der Waals surface area contributed by atoms with Crippen molar-refractivity contribution in [3.63, 3.8) is 0 Å². The average Bonchev–Trinajstić information content (AvgIpc) is 3.36. The van der Waals surface area contributed by atoms with Gasteiger partial charge in [0.05, 0.1) is 18.2 Å². The Kier molecular flexibility index (Phi) is 6.58. The van der Waals surface area contributed by atoms with Gasteiger partial charge in [-0.25, -0.2) is 0 Å². The van der Waals surface area contributed by atoms with Crippen LogP contribution in [0.5, 0.6) is 11.5 Å². The minimum atomic E-state index is -0.175. The largest absolute Gasteiger partial charge is 0.497 e. The van der Waals surface area contributed by atoms with Gasteiger partial charge in [0, 0.05) is 31.8 Å². The number of nitrogens with zero attached hydrogens (tertiary/aromatic N) is 2. The third-order valence-electron chi connectivity index (χ3n) is 4.40. The van der Waals surface area contributed by atoms with E-state index in [0.29, 0.717) is 35.4 Å². The van der Waals surface area contributed by atoms with E-state index < -0.39 is 0 Å². The molecule has 2 aromatic rings. The van der Waals surface area contributed by atoms with Gasteiger partial charge in [-0.2, -0.15) is 0 Å². The summed E-state index contributed by atoms with van der Waals surface area (Å²) in [6.07, 6.45) is 2.11. The van der Waals surface area contributed by atoms with Crippen LogP contribution in [0.2, 0.25) is 5.02 Å². The lowest BCUT2D eigenvalue weighted by Crippen LogP contribution is -2.37. The van der Waals surface area contributed by atoms with Crippen molar-refractivity contribution in [2.45, 2.75) is 32.5 Å². The van der Waals surface area contributed by atoms with Crippen LogP contribution in [0.3, 0.4) is 0 Å². The summed E-state index contributed by atoms with van der Waals surface area (Å²) in [5, 5.41) is 4.31. The molecule has 1 saturated heterocycles. The SMILES string of the molecule is CCN(CC1CCCO1)C(=O)c1cc(COc2ccc(OC)cc2Cl)on1. The molecule has 1 aromatic heterocycles. The first-order chi connectivity index (χ1) is 13.1. The predicted octanol–water partition coefficient (Wildman–Crippen LogP) is 3.56. The molecule has 1 aliphatic heterocycles. The summed E-state index contributed by atoms with van der Waals surface area (Å²) >= 11 is 6.15. The molecule has 146 valence electrons. The molecule has 0 bridgehead atoms. The van der Waals surface area contributed by atoms with Crippen LogP contribution in [0, 0.1) is 0 Å². The van der Waals surface area contributed by atoms with Crippen LogP contribution in [0.1, 0.15) is 36.0 Å². The lowest BCUT2D eigenvalue weighted by atomic mass is 10.2. The summed E-state index contributed by atoms with van der Waals surface area (Å²) in [5.41, 5.74) is 0.259. The van der Waals surface area contributed by atoms with Gasteiger partial charge in [-0.1, -0.05) is 16.8 Å². The molecule has 1 atom stereocenters. The van der Waals surface area contributed by atoms with Crippen LogP contribution in [0.4, 0.5) is 0 Å². The van der Waals surface area contributed by atoms with Gasteiger partial charge in [0.25, 0.3) is 5.91 Å². The minimum absolute atomic E-state index is 0.0980. The fraction of sp³-hybridized carbons (Fsp3) is 0.474. The maximum absolute atomic E-state index is 12.6. The Morgan fingerprint density at radius 2 is 2.26 bits per heavy atom. The third kappa shape index (κ3) is 4.93. The van der Waals surface area contributed by atoms with E-state index in [2.05, 4.69) is 5.16 Å². The van der Waals surface area contributed by atoms with Gasteiger partial charge in [-0.05, 0) is 31.9 Å². The monoisotopic (exact) mass is 394 g/mol. The van der Waals surface area contributed by atoms with E-state index in [1.54, 1.807) is 36.3 Å². The fourth-order valence-electron chi connectivity index (χ4n) is 2.91. The second kappa shape index (κ2) is 9.10. The molecular formula is C19H23ClN2O5. The quantitative estimate of drug-likeness (QED) is 0.681. The highest BCUT2D eigenvalue weighted by atomic mass is 35.5. The number of carbonyl (C=O) groups is 1. The van der Waals surface area contributed by atoms with Crippen LogP contribution >= 0.6 is 11.6 Å². The molecule has 0 saturated carbocycles. The maximum Gasteiger partial charge on any atom is 0.276 e. The first-order valence-corrected chi connectivity index (χ1v) is 9.31. The highest BCUT2D eigenvalue weighted by Gasteiger charge is 2.24. The zero-order valence-corrected chi connectivity index (χ0v) is 16.2. The van der Waals surface area contributed by atoms with E-state index in [9.17, 15) is 4.79 Å². The summed E-state index contributed by atoms with van der Waals surface area (Å²) in [6.45, 7) is 3.96. The molecule has 0 spiro atoms. The highest BCUT2D eigenvalue weighted by Crippen LogP contribution is 2.29. The number of halogens is 1. The molecule has 1 aliphatic rings. The zero-order chi connectivity index (χ0) is 19.2. The van der Waals surface area contributed by atoms with Crippen molar-refractivity contribution in [1.29, 1.82) is 0 Å². The first-order valence-electron chi connectivity index (χ1n) is 8.93. The van der Waals surface area contributed by atoms with E-state index in [-0.39, 0.29) is 24.3 Å². The van der Waals surface area contributed by atoms with Crippen molar-refractivity contribution in [3.8, 4) is 11.5 Å². The Hall–Kier alpha value is -2.25. The summed E-state index contributed by atoms with van der Waals surface area (Å²) in [4.78, 5) is 14.4. The molecule has 2 heterocycles. The number of benzene rings is 1. The molecule has 27 heavy (non-hydrogen) atoms. The Morgan fingerprint density at radius 1 is 1.41 bits per heavy atom. The summed E-state index contributed by atoms with van der Waals surface area (Å²) in [5.74, 6) is 1.41. The number of methoxy groups -OCH3 is 1. The summed E-state index contributed by atoms with van der Waals surface area (Å²) < 4.78 is 21.6. The van der Waals surface area contributed by atoms with Gasteiger partial charge in [0.15, 0.2) is 11.5 Å². The molecule has 0 aliphatic carbocycles. The molecule has 0 radical (unpaired) electrons. The molecular weight excluding hydrogens is 372 g/mol. The zero-order valence-electron chi connectivity index (χ0n) is 15.4. The van der Waals surface area contributed by atoms with E-state index >= 15 is 0 Å². The number of likely N-dealkylation sites (N-methyl/N-ethyl adjacent to an activating group) is 1. The Labute approximate surface area is 163 Å². The Balaban J connectivity index is 1.59. The molecule has 1 aromatic carbocycles. The maximum atomic E-state index is 12.6. The smallest absolute Gasteiger partial charge is 0.276 e. The standard InChI is InChI=1S/C19H23ClN2O5/c1-3-22(11-14-5-4-8-25-14)19(23)17-10-15(27-21-17)12-26-18-7-6-13(24-2)9-16(18)20/h6-7,9-10,14H,3-5,8,11-12H2,1-2H3. The van der Waals surface area contributed by atoms with E-state index in [4.69, 9.17) is 30.3 Å². The topological polar surface area (TPSA) is 74.0 Å². The van der Waals surface area contributed by atoms with Crippen molar-refractivity contribution in [3.05, 3.63) is 40.7 Å². The van der Waals surface area contributed by atoms with Gasteiger partial charge in [0.1, 0.15) is 18.1 Å². The van der Waals surface area contributed by atoms with Crippen molar-refractivity contribution in [2.24, 2.45) is 0 Å². The van der Waals surface area contributed by atoms with Crippen molar-refractivity contribution in [2.75, 3.05) is 26.8 Å². The molecule has 1 amide bonds. The summed E-state index contributed by atoms with van der Waals surface area (Å²) in [7, 11) is 1.57. The Morgan fingerprint density at radius 3 is 2.93 bits per heavy atom. The normalized spacial score (nSPS) is 16.3. The fourth-order valence-corrected chi connectivity index (χ4v) is 3.13.